The molecule has 0 aliphatic carbocycles. The Kier molecular flexibility index (Phi) is 7.91. The number of benzene rings is 1. The predicted octanol–water partition coefficient (Wildman–Crippen LogP) is 2.53. The molecule has 0 bridgehead atoms. The summed E-state index contributed by atoms with van der Waals surface area (Å²) in [5, 5.41) is 12.7. The zero-order chi connectivity index (χ0) is 16.5. The highest BCUT2D eigenvalue weighted by Crippen LogP contribution is 2.22. The SMILES string of the molecule is CCNCC.O=C(O)[C@@H]1CCC(=O)N1Cc1ccc(Cl)cc1. The molecule has 0 radical (unpaired) electrons. The summed E-state index contributed by atoms with van der Waals surface area (Å²) in [6.45, 7) is 6.72. The summed E-state index contributed by atoms with van der Waals surface area (Å²) in [4.78, 5) is 24.0. The van der Waals surface area contributed by atoms with Gasteiger partial charge >= 0.3 is 5.97 Å². The lowest BCUT2D eigenvalue weighted by Gasteiger charge is -2.21. The molecule has 22 heavy (non-hydrogen) atoms. The molecule has 1 aromatic rings. The van der Waals surface area contributed by atoms with Crippen LogP contribution in [-0.4, -0.2) is 41.0 Å². The fraction of sp³-hybridized carbons (Fsp3) is 0.500. The molecule has 1 amide bonds. The van der Waals surface area contributed by atoms with Crippen LogP contribution in [0.2, 0.25) is 5.02 Å². The van der Waals surface area contributed by atoms with Crippen LogP contribution in [0.4, 0.5) is 0 Å². The van der Waals surface area contributed by atoms with Gasteiger partial charge < -0.3 is 15.3 Å². The molecule has 1 atom stereocenters. The van der Waals surface area contributed by atoms with E-state index in [-0.39, 0.29) is 5.91 Å². The van der Waals surface area contributed by atoms with Gasteiger partial charge in [0, 0.05) is 18.0 Å². The summed E-state index contributed by atoms with van der Waals surface area (Å²) in [5.41, 5.74) is 0.885. The maximum atomic E-state index is 11.6. The number of carbonyl (C=O) groups excluding carboxylic acids is 1. The zero-order valence-corrected chi connectivity index (χ0v) is 13.8. The summed E-state index contributed by atoms with van der Waals surface area (Å²) >= 11 is 5.76. The van der Waals surface area contributed by atoms with Crippen molar-refractivity contribution in [1.82, 2.24) is 10.2 Å². The second-order valence-corrected chi connectivity index (χ2v) is 5.43. The zero-order valence-electron chi connectivity index (χ0n) is 13.0. The Balaban J connectivity index is 0.000000422. The van der Waals surface area contributed by atoms with Gasteiger partial charge in [-0.15, -0.1) is 0 Å². The van der Waals surface area contributed by atoms with Crippen molar-refractivity contribution >= 4 is 23.5 Å². The van der Waals surface area contributed by atoms with E-state index in [2.05, 4.69) is 19.2 Å². The van der Waals surface area contributed by atoms with Crippen LogP contribution < -0.4 is 5.32 Å². The normalized spacial score (nSPS) is 17.1. The summed E-state index contributed by atoms with van der Waals surface area (Å²) in [6.07, 6.45) is 0.701. The third-order valence-electron chi connectivity index (χ3n) is 3.38. The first-order valence-corrected chi connectivity index (χ1v) is 7.84. The third-order valence-corrected chi connectivity index (χ3v) is 3.63. The number of halogens is 1. The smallest absolute Gasteiger partial charge is 0.326 e. The van der Waals surface area contributed by atoms with Crippen LogP contribution >= 0.6 is 11.6 Å². The van der Waals surface area contributed by atoms with Crippen molar-refractivity contribution < 1.29 is 14.7 Å². The Morgan fingerprint density at radius 3 is 2.36 bits per heavy atom. The molecule has 2 N–H and O–H groups in total. The largest absolute Gasteiger partial charge is 0.480 e. The van der Waals surface area contributed by atoms with Crippen molar-refractivity contribution in [2.24, 2.45) is 0 Å². The van der Waals surface area contributed by atoms with Crippen LogP contribution in [-0.2, 0) is 16.1 Å². The maximum absolute atomic E-state index is 11.6. The molecular formula is C16H23ClN2O3. The number of hydrogen-bond acceptors (Lipinski definition) is 3. The molecule has 1 aliphatic heterocycles. The van der Waals surface area contributed by atoms with Crippen molar-refractivity contribution in [1.29, 1.82) is 0 Å². The van der Waals surface area contributed by atoms with E-state index >= 15 is 0 Å². The van der Waals surface area contributed by atoms with Gasteiger partial charge in [-0.1, -0.05) is 37.6 Å². The highest BCUT2D eigenvalue weighted by Gasteiger charge is 2.35. The Morgan fingerprint density at radius 2 is 1.91 bits per heavy atom. The first kappa shape index (κ1) is 18.5. The maximum Gasteiger partial charge on any atom is 0.326 e. The number of carboxylic acids is 1. The van der Waals surface area contributed by atoms with Gasteiger partial charge in [0.2, 0.25) is 5.91 Å². The average Bonchev–Trinajstić information content (AvgIpc) is 2.84. The molecule has 122 valence electrons. The number of nitrogens with zero attached hydrogens (tertiary/aromatic N) is 1. The first-order valence-electron chi connectivity index (χ1n) is 7.47. The molecule has 0 aromatic heterocycles. The van der Waals surface area contributed by atoms with E-state index in [1.165, 1.54) is 4.90 Å². The number of likely N-dealkylation sites (tertiary alicyclic amines) is 1. The van der Waals surface area contributed by atoms with Gasteiger partial charge in [0.1, 0.15) is 6.04 Å². The van der Waals surface area contributed by atoms with Crippen LogP contribution in [0.25, 0.3) is 0 Å². The second-order valence-electron chi connectivity index (χ2n) is 5.00. The summed E-state index contributed by atoms with van der Waals surface area (Å²) in [6, 6.07) is 6.36. The Morgan fingerprint density at radius 1 is 1.32 bits per heavy atom. The van der Waals surface area contributed by atoms with Crippen LogP contribution in [0.3, 0.4) is 0 Å². The summed E-state index contributed by atoms with van der Waals surface area (Å²) in [5.74, 6) is -1.04. The Labute approximate surface area is 136 Å². The lowest BCUT2D eigenvalue weighted by Crippen LogP contribution is -2.37. The van der Waals surface area contributed by atoms with Gasteiger partial charge in [-0.2, -0.15) is 0 Å². The average molecular weight is 327 g/mol. The number of rotatable bonds is 5. The Bertz CT molecular complexity index is 489. The fourth-order valence-corrected chi connectivity index (χ4v) is 2.35. The third kappa shape index (κ3) is 5.66. The van der Waals surface area contributed by atoms with Crippen molar-refractivity contribution in [3.8, 4) is 0 Å². The molecule has 1 fully saturated rings. The lowest BCUT2D eigenvalue weighted by atomic mass is 10.2. The lowest BCUT2D eigenvalue weighted by molar-refractivity contribution is -0.146. The molecule has 0 unspecified atom stereocenters. The predicted molar refractivity (Wildman–Crippen MR) is 86.9 cm³/mol. The van der Waals surface area contributed by atoms with Crippen LogP contribution in [0.5, 0.6) is 0 Å². The first-order chi connectivity index (χ1) is 10.5. The minimum Gasteiger partial charge on any atom is -0.480 e. The molecule has 1 saturated heterocycles. The van der Waals surface area contributed by atoms with Gasteiger partial charge in [-0.25, -0.2) is 4.79 Å². The Hall–Kier alpha value is -1.59. The summed E-state index contributed by atoms with van der Waals surface area (Å²) < 4.78 is 0. The molecule has 1 heterocycles. The minimum atomic E-state index is -0.940. The number of nitrogens with one attached hydrogen (secondary N) is 1. The number of amides is 1. The van der Waals surface area contributed by atoms with E-state index in [1.54, 1.807) is 24.3 Å². The van der Waals surface area contributed by atoms with E-state index in [4.69, 9.17) is 16.7 Å². The molecule has 1 aliphatic rings. The standard InChI is InChI=1S/C12H12ClNO3.C4H11N/c13-9-3-1-8(2-4-9)7-14-10(12(16)17)5-6-11(14)15;1-3-5-4-2/h1-4,10H,5-7H2,(H,16,17);5H,3-4H2,1-2H3/t10-;/m0./s1. The minimum absolute atomic E-state index is 0.104. The van der Waals surface area contributed by atoms with E-state index in [0.29, 0.717) is 24.4 Å². The second kappa shape index (κ2) is 9.43. The van der Waals surface area contributed by atoms with Gasteiger partial charge in [0.15, 0.2) is 0 Å². The molecule has 0 saturated carbocycles. The van der Waals surface area contributed by atoms with Crippen molar-refractivity contribution in [2.45, 2.75) is 39.3 Å². The monoisotopic (exact) mass is 326 g/mol. The number of carboxylic acid groups (broad SMARTS) is 1. The van der Waals surface area contributed by atoms with Crippen molar-refractivity contribution in [2.75, 3.05) is 13.1 Å². The van der Waals surface area contributed by atoms with Crippen LogP contribution in [0.1, 0.15) is 32.3 Å². The van der Waals surface area contributed by atoms with E-state index in [1.807, 2.05) is 0 Å². The molecular weight excluding hydrogens is 304 g/mol. The number of carbonyl (C=O) groups is 2. The van der Waals surface area contributed by atoms with Gasteiger partial charge in [0.05, 0.1) is 0 Å². The quantitative estimate of drug-likeness (QED) is 0.872. The van der Waals surface area contributed by atoms with Gasteiger partial charge in [-0.3, -0.25) is 4.79 Å². The van der Waals surface area contributed by atoms with Crippen molar-refractivity contribution in [3.63, 3.8) is 0 Å². The highest BCUT2D eigenvalue weighted by molar-refractivity contribution is 6.30. The van der Waals surface area contributed by atoms with Crippen LogP contribution in [0.15, 0.2) is 24.3 Å². The summed E-state index contributed by atoms with van der Waals surface area (Å²) in [7, 11) is 0. The highest BCUT2D eigenvalue weighted by atomic mass is 35.5. The molecule has 2 rings (SSSR count). The fourth-order valence-electron chi connectivity index (χ4n) is 2.23. The molecule has 5 nitrogen and oxygen atoms in total. The molecule has 6 heteroatoms. The molecule has 0 spiro atoms. The van der Waals surface area contributed by atoms with Gasteiger partial charge in [-0.05, 0) is 37.2 Å². The topological polar surface area (TPSA) is 69.6 Å². The van der Waals surface area contributed by atoms with E-state index in [0.717, 1.165) is 18.7 Å². The molecule has 1 aromatic carbocycles. The van der Waals surface area contributed by atoms with Crippen LogP contribution in [0, 0.1) is 0 Å². The van der Waals surface area contributed by atoms with Gasteiger partial charge in [0.25, 0.3) is 0 Å². The van der Waals surface area contributed by atoms with E-state index < -0.39 is 12.0 Å². The van der Waals surface area contributed by atoms with Crippen molar-refractivity contribution in [3.05, 3.63) is 34.9 Å². The number of hydrogen-bond donors (Lipinski definition) is 2. The van der Waals surface area contributed by atoms with E-state index in [9.17, 15) is 9.59 Å². The number of aliphatic carboxylic acids is 1.